The highest BCUT2D eigenvalue weighted by Crippen LogP contribution is 2.19. The van der Waals surface area contributed by atoms with E-state index in [1.54, 1.807) is 0 Å². The fourth-order valence-corrected chi connectivity index (χ4v) is 2.82. The summed E-state index contributed by atoms with van der Waals surface area (Å²) < 4.78 is 2.00. The fraction of sp³-hybridized carbons (Fsp3) is 0.444. The Kier molecular flexibility index (Phi) is 6.82. The summed E-state index contributed by atoms with van der Waals surface area (Å²) in [6.07, 6.45) is 0.908. The minimum absolute atomic E-state index is 0.0162. The lowest BCUT2D eigenvalue weighted by Gasteiger charge is -2.08. The minimum Gasteiger partial charge on any atom is -0.356 e. The Labute approximate surface area is 148 Å². The predicted molar refractivity (Wildman–Crippen MR) is 97.3 cm³/mol. The second-order valence-corrected chi connectivity index (χ2v) is 6.32. The number of hydrogen-bond acceptors (Lipinski definition) is 3. The van der Waals surface area contributed by atoms with E-state index in [9.17, 15) is 4.79 Å². The van der Waals surface area contributed by atoms with Crippen LogP contribution in [0.4, 0.5) is 0 Å². The summed E-state index contributed by atoms with van der Waals surface area (Å²) >= 11 is 6.24. The normalized spacial score (nSPS) is 10.8. The first-order valence-corrected chi connectivity index (χ1v) is 8.58. The van der Waals surface area contributed by atoms with Gasteiger partial charge in [0, 0.05) is 36.3 Å². The Morgan fingerprint density at radius 1 is 1.25 bits per heavy atom. The molecule has 0 aliphatic heterocycles. The molecule has 2 rings (SSSR count). The van der Waals surface area contributed by atoms with E-state index >= 15 is 0 Å². The number of nitrogens with one attached hydrogen (secondary N) is 2. The molecule has 0 aliphatic carbocycles. The monoisotopic (exact) mass is 348 g/mol. The molecule has 0 bridgehead atoms. The Morgan fingerprint density at radius 3 is 2.71 bits per heavy atom. The van der Waals surface area contributed by atoms with Crippen molar-refractivity contribution in [3.8, 4) is 0 Å². The molecule has 24 heavy (non-hydrogen) atoms. The molecule has 1 amide bonds. The largest absolute Gasteiger partial charge is 0.356 e. The molecule has 2 N–H and O–H groups in total. The zero-order valence-electron chi connectivity index (χ0n) is 14.5. The van der Waals surface area contributed by atoms with Gasteiger partial charge in [-0.1, -0.05) is 29.8 Å². The number of aromatic nitrogens is 2. The highest BCUT2D eigenvalue weighted by Gasteiger charge is 2.12. The molecule has 0 atom stereocenters. The van der Waals surface area contributed by atoms with Gasteiger partial charge in [-0.2, -0.15) is 5.10 Å². The van der Waals surface area contributed by atoms with Crippen LogP contribution >= 0.6 is 11.6 Å². The van der Waals surface area contributed by atoms with Crippen molar-refractivity contribution in [2.24, 2.45) is 0 Å². The third-order valence-corrected chi connectivity index (χ3v) is 4.38. The number of benzene rings is 1. The molecule has 2 aromatic rings. The van der Waals surface area contributed by atoms with Gasteiger partial charge in [0.15, 0.2) is 0 Å². The van der Waals surface area contributed by atoms with Crippen LogP contribution in [0, 0.1) is 13.8 Å². The quantitative estimate of drug-likeness (QED) is 0.721. The van der Waals surface area contributed by atoms with Gasteiger partial charge in [-0.15, -0.1) is 0 Å². The fourth-order valence-electron chi connectivity index (χ4n) is 2.62. The van der Waals surface area contributed by atoms with Gasteiger partial charge in [0.05, 0.1) is 12.2 Å². The number of carbonyl (C=O) groups is 1. The predicted octanol–water partition coefficient (Wildman–Crippen LogP) is 2.82. The van der Waals surface area contributed by atoms with Crippen LogP contribution in [0.5, 0.6) is 0 Å². The maximum Gasteiger partial charge on any atom is 0.216 e. The molecule has 130 valence electrons. The van der Waals surface area contributed by atoms with Crippen LogP contribution < -0.4 is 10.6 Å². The molecule has 0 radical (unpaired) electrons. The van der Waals surface area contributed by atoms with Gasteiger partial charge in [0.25, 0.3) is 0 Å². The third-order valence-electron chi connectivity index (χ3n) is 4.02. The summed E-state index contributed by atoms with van der Waals surface area (Å²) in [6, 6.07) is 7.85. The number of aryl methyl sites for hydroxylation is 1. The lowest BCUT2D eigenvalue weighted by molar-refractivity contribution is -0.118. The van der Waals surface area contributed by atoms with Crippen molar-refractivity contribution in [1.82, 2.24) is 20.4 Å². The first-order chi connectivity index (χ1) is 11.5. The lowest BCUT2D eigenvalue weighted by Crippen LogP contribution is -2.25. The molecule has 1 aromatic heterocycles. The Balaban J connectivity index is 1.92. The van der Waals surface area contributed by atoms with Crippen molar-refractivity contribution >= 4 is 17.5 Å². The zero-order valence-corrected chi connectivity index (χ0v) is 15.3. The van der Waals surface area contributed by atoms with E-state index in [-0.39, 0.29) is 5.91 Å². The smallest absolute Gasteiger partial charge is 0.216 e. The van der Waals surface area contributed by atoms with E-state index in [2.05, 4.69) is 22.7 Å². The summed E-state index contributed by atoms with van der Waals surface area (Å²) in [5, 5.41) is 11.6. The van der Waals surface area contributed by atoms with E-state index in [0.717, 1.165) is 41.5 Å². The van der Waals surface area contributed by atoms with E-state index in [1.165, 1.54) is 12.5 Å². The molecular formula is C18H25ClN4O. The number of nitrogens with zero attached hydrogens (tertiary/aromatic N) is 2. The number of rotatable bonds is 8. The Hall–Kier alpha value is -1.85. The van der Waals surface area contributed by atoms with Crippen LogP contribution in [0.2, 0.25) is 5.02 Å². The number of hydrogen-bond donors (Lipinski definition) is 2. The second kappa shape index (κ2) is 8.85. The molecule has 5 nitrogen and oxygen atoms in total. The molecule has 6 heteroatoms. The van der Waals surface area contributed by atoms with Gasteiger partial charge < -0.3 is 10.6 Å². The van der Waals surface area contributed by atoms with Gasteiger partial charge in [0.2, 0.25) is 5.91 Å². The van der Waals surface area contributed by atoms with Crippen molar-refractivity contribution in [2.75, 3.05) is 13.1 Å². The van der Waals surface area contributed by atoms with E-state index in [0.29, 0.717) is 13.1 Å². The minimum atomic E-state index is 0.0162. The van der Waals surface area contributed by atoms with Gasteiger partial charge >= 0.3 is 0 Å². The first-order valence-electron chi connectivity index (χ1n) is 8.20. The van der Waals surface area contributed by atoms with E-state index in [4.69, 9.17) is 11.6 Å². The summed E-state index contributed by atoms with van der Waals surface area (Å²) in [5.74, 6) is 0.0162. The van der Waals surface area contributed by atoms with Crippen LogP contribution in [-0.2, 0) is 17.9 Å². The van der Waals surface area contributed by atoms with Crippen LogP contribution in [-0.4, -0.2) is 28.8 Å². The van der Waals surface area contributed by atoms with Crippen LogP contribution in [0.1, 0.15) is 35.9 Å². The maximum atomic E-state index is 10.8. The van der Waals surface area contributed by atoms with Crippen LogP contribution in [0.15, 0.2) is 24.3 Å². The van der Waals surface area contributed by atoms with Gasteiger partial charge in [-0.3, -0.25) is 9.48 Å². The number of carbonyl (C=O) groups excluding carboxylic acids is 1. The average Bonchev–Trinajstić information content (AvgIpc) is 2.79. The molecule has 1 aromatic carbocycles. The number of halogens is 1. The van der Waals surface area contributed by atoms with E-state index in [1.807, 2.05) is 35.9 Å². The van der Waals surface area contributed by atoms with Crippen molar-refractivity contribution < 1.29 is 4.79 Å². The van der Waals surface area contributed by atoms with Crippen molar-refractivity contribution in [1.29, 1.82) is 0 Å². The topological polar surface area (TPSA) is 59.0 Å². The van der Waals surface area contributed by atoms with Crippen LogP contribution in [0.25, 0.3) is 0 Å². The van der Waals surface area contributed by atoms with Gasteiger partial charge in [-0.05, 0) is 38.4 Å². The summed E-state index contributed by atoms with van der Waals surface area (Å²) in [7, 11) is 0. The van der Waals surface area contributed by atoms with Crippen molar-refractivity contribution in [2.45, 2.75) is 40.3 Å². The van der Waals surface area contributed by atoms with Gasteiger partial charge in [-0.25, -0.2) is 0 Å². The summed E-state index contributed by atoms with van der Waals surface area (Å²) in [6.45, 7) is 8.67. The SMILES string of the molecule is CC(=O)NCCCNCc1c(C)nn(Cc2ccccc2Cl)c1C. The highest BCUT2D eigenvalue weighted by molar-refractivity contribution is 6.31. The second-order valence-electron chi connectivity index (χ2n) is 5.91. The Morgan fingerprint density at radius 2 is 2.00 bits per heavy atom. The molecule has 1 heterocycles. The lowest BCUT2D eigenvalue weighted by atomic mass is 10.2. The Bertz CT molecular complexity index is 696. The third kappa shape index (κ3) is 5.08. The molecule has 0 unspecified atom stereocenters. The molecule has 0 spiro atoms. The summed E-state index contributed by atoms with van der Waals surface area (Å²) in [4.78, 5) is 10.8. The first kappa shape index (κ1) is 18.5. The zero-order chi connectivity index (χ0) is 17.5. The maximum absolute atomic E-state index is 10.8. The molecule has 0 aliphatic rings. The van der Waals surface area contributed by atoms with Crippen molar-refractivity contribution in [3.05, 3.63) is 51.8 Å². The van der Waals surface area contributed by atoms with Gasteiger partial charge in [0.1, 0.15) is 0 Å². The highest BCUT2D eigenvalue weighted by atomic mass is 35.5. The van der Waals surface area contributed by atoms with Crippen molar-refractivity contribution in [3.63, 3.8) is 0 Å². The molecule has 0 fully saturated rings. The number of amides is 1. The standard InChI is InChI=1S/C18H25ClN4O/c1-13-17(11-20-9-6-10-21-15(3)24)14(2)23(22-13)12-16-7-4-5-8-18(16)19/h4-5,7-8,20H,6,9-12H2,1-3H3,(H,21,24). The summed E-state index contributed by atoms with van der Waals surface area (Å²) in [5.41, 5.74) is 4.48. The average molecular weight is 349 g/mol. The van der Waals surface area contributed by atoms with Crippen LogP contribution in [0.3, 0.4) is 0 Å². The molecule has 0 saturated heterocycles. The molecular weight excluding hydrogens is 324 g/mol. The molecule has 0 saturated carbocycles. The van der Waals surface area contributed by atoms with E-state index < -0.39 is 0 Å².